The molecule has 2 heterocycles. The van der Waals surface area contributed by atoms with Crippen LogP contribution in [0.1, 0.15) is 164 Å². The summed E-state index contributed by atoms with van der Waals surface area (Å²) in [4.78, 5) is 182. The molecule has 36 nitrogen and oxygen atoms in total. The van der Waals surface area contributed by atoms with Gasteiger partial charge in [-0.25, -0.2) is 9.59 Å². The lowest BCUT2D eigenvalue weighted by molar-refractivity contribution is -0.149. The van der Waals surface area contributed by atoms with Gasteiger partial charge in [-0.05, 0) is 86.0 Å². The maximum Gasteiger partial charge on any atom is 0.410 e. The molecule has 2 aliphatic rings. The maximum atomic E-state index is 15.0. The summed E-state index contributed by atoms with van der Waals surface area (Å²) in [5, 5.41) is 74.0. The van der Waals surface area contributed by atoms with E-state index < -0.39 is 194 Å². The molecule has 0 radical (unpaired) electrons. The minimum Gasteiger partial charge on any atom is -0.445 e. The Morgan fingerprint density at radius 3 is 1.78 bits per heavy atom. The van der Waals surface area contributed by atoms with Crippen LogP contribution in [0.3, 0.4) is 0 Å². The van der Waals surface area contributed by atoms with Crippen LogP contribution >= 0.6 is 0 Å². The lowest BCUT2D eigenvalue weighted by Crippen LogP contribution is -2.55. The Morgan fingerprint density at radius 1 is 0.626 bits per heavy atom. The highest BCUT2D eigenvalue weighted by molar-refractivity contribution is 6.13. The van der Waals surface area contributed by atoms with Gasteiger partial charge in [0.25, 0.3) is 11.8 Å². The lowest BCUT2D eigenvalue weighted by atomic mass is 9.83. The van der Waals surface area contributed by atoms with Gasteiger partial charge < -0.3 is 111 Å². The highest BCUT2D eigenvalue weighted by Gasteiger charge is 2.45. The second-order valence-electron chi connectivity index (χ2n) is 32.8. The van der Waals surface area contributed by atoms with E-state index in [-0.39, 0.29) is 152 Å². The van der Waals surface area contributed by atoms with Gasteiger partial charge in [-0.3, -0.25) is 57.6 Å². The van der Waals surface area contributed by atoms with Gasteiger partial charge in [0.1, 0.15) is 30.7 Å². The van der Waals surface area contributed by atoms with Gasteiger partial charge in [0.2, 0.25) is 35.4 Å². The Kier molecular flexibility index (Phi) is 48.1. The predicted molar refractivity (Wildman–Crippen MR) is 452 cm³/mol. The number of anilines is 1. The van der Waals surface area contributed by atoms with Gasteiger partial charge >= 0.3 is 12.1 Å². The van der Waals surface area contributed by atoms with Crippen LogP contribution in [0.2, 0.25) is 0 Å². The molecular formula is C87H138N10O26. The summed E-state index contributed by atoms with van der Waals surface area (Å²) in [6.45, 7) is 17.9. The number of urea groups is 1. The van der Waals surface area contributed by atoms with Gasteiger partial charge in [-0.2, -0.15) is 0 Å². The highest BCUT2D eigenvalue weighted by atomic mass is 16.6. The van der Waals surface area contributed by atoms with Crippen molar-refractivity contribution >= 4 is 82.4 Å². The van der Waals surface area contributed by atoms with Crippen molar-refractivity contribution in [2.75, 3.05) is 119 Å². The smallest absolute Gasteiger partial charge is 0.410 e. The molecule has 0 bridgehead atoms. The number of aliphatic hydroxyl groups is 6. The van der Waals surface area contributed by atoms with Crippen LogP contribution in [-0.2, 0) is 92.5 Å². The number of Topliss-reactive ketones (excluding diaryl/α,β-unsaturated/α-hetero) is 3. The number of amides is 11. The Balaban J connectivity index is 1.40. The van der Waals surface area contributed by atoms with Crippen molar-refractivity contribution in [3.63, 3.8) is 0 Å². The van der Waals surface area contributed by atoms with E-state index in [1.807, 2.05) is 33.8 Å². The van der Waals surface area contributed by atoms with E-state index in [9.17, 15) is 93.0 Å². The number of methoxy groups -OCH3 is 2. The normalized spacial score (nSPS) is 17.4. The number of nitrogens with two attached hydrogens (primary N) is 1. The van der Waals surface area contributed by atoms with Crippen LogP contribution in [0, 0.1) is 47.3 Å². The second kappa shape index (κ2) is 55.5. The molecule has 123 heavy (non-hydrogen) atoms. The van der Waals surface area contributed by atoms with Crippen LogP contribution in [0.5, 0.6) is 0 Å². The van der Waals surface area contributed by atoms with Crippen LogP contribution in [-0.4, -0.2) is 308 Å². The number of hydrogen-bond donors (Lipinski definition) is 12. The number of carbonyl (C=O) groups is 13. The Labute approximate surface area is 722 Å². The monoisotopic (exact) mass is 1740 g/mol. The number of ketones is 3. The molecule has 4 rings (SSSR count). The van der Waals surface area contributed by atoms with E-state index in [1.165, 1.54) is 38.3 Å². The molecule has 2 aliphatic heterocycles. The van der Waals surface area contributed by atoms with Gasteiger partial charge in [-0.15, -0.1) is 0 Å². The van der Waals surface area contributed by atoms with Gasteiger partial charge in [0.05, 0.1) is 133 Å². The number of nitrogens with one attached hydrogen (secondary N) is 5. The summed E-state index contributed by atoms with van der Waals surface area (Å²) in [5.41, 5.74) is 6.74. The number of likely N-dealkylation sites (tertiary alicyclic amines) is 1. The standard InChI is InChI=1S/C87H138N10O26/c1-15-55(8)77(70(117-13)48-74(107)96-35-20-24-65(96)81(118-14)56(9)82(111)91-57(10)78(108)59-21-17-16-18-22-59)94(11)85(114)64(52(2)3)47-67(101)76(54(6)7)95(12)87(116)123-51-58-25-28-62(29-26-58)92-83(112)60(23-19-34-89-86(88)115)46-66(100)75(53(4)5)93-84(113)61(27-30-71(104)90-49-68(102)79(109)80(110)69(103)50-98)45-63(99)33-37-119-39-41-121-43-44-122-42-40-120-38-36-97-72(105)31-32-73(97)106/h16-18,21-22,25-26,28-29,31-32,52-57,60-61,64-65,68-70,75-81,98,102-103,108-110H,15,19-20,23-24,27,30,33-51H2,1-14H3,(H,90,104)(H,91,111)(H,92,112)(H,93,113)(H3,88,89,115)/t55-,56+,57+,60+,61-,64-,65-,68-,69+,70+,75-,76-,77-,78+,79+,80+,81+/m0/s1. The molecule has 1 fully saturated rings. The fourth-order valence-electron chi connectivity index (χ4n) is 15.1. The van der Waals surface area contributed by atoms with E-state index in [2.05, 4.69) is 26.6 Å². The van der Waals surface area contributed by atoms with Crippen LogP contribution in [0.25, 0.3) is 0 Å². The van der Waals surface area contributed by atoms with Crippen molar-refractivity contribution in [2.24, 2.45) is 53.1 Å². The molecule has 1 saturated heterocycles. The summed E-state index contributed by atoms with van der Waals surface area (Å²) in [6, 6.07) is 10.5. The van der Waals surface area contributed by atoms with E-state index in [0.29, 0.717) is 36.9 Å². The van der Waals surface area contributed by atoms with Crippen molar-refractivity contribution in [1.82, 2.24) is 40.9 Å². The summed E-state index contributed by atoms with van der Waals surface area (Å²) in [5.74, 6) is -10.7. The predicted octanol–water partition coefficient (Wildman–Crippen LogP) is 3.06. The van der Waals surface area contributed by atoms with Crippen LogP contribution in [0.15, 0.2) is 66.7 Å². The first-order chi connectivity index (χ1) is 58.3. The topological polar surface area (TPSA) is 507 Å². The molecule has 0 aliphatic carbocycles. The number of carbonyl (C=O) groups excluding carboxylic acids is 13. The first-order valence-electron chi connectivity index (χ1n) is 42.6. The number of hydrogen-bond acceptors (Lipinski definition) is 26. The summed E-state index contributed by atoms with van der Waals surface area (Å²) < 4.78 is 39.9. The van der Waals surface area contributed by atoms with Crippen molar-refractivity contribution in [1.29, 1.82) is 0 Å². The van der Waals surface area contributed by atoms with E-state index in [0.717, 1.165) is 4.90 Å². The largest absolute Gasteiger partial charge is 0.445 e. The summed E-state index contributed by atoms with van der Waals surface area (Å²) in [6.07, 6.45) is -8.41. The average Bonchev–Trinajstić information content (AvgIpc) is 1.76. The molecule has 13 N–H and O–H groups in total. The Hall–Kier alpha value is -8.79. The molecule has 0 saturated carbocycles. The third kappa shape index (κ3) is 35.3. The summed E-state index contributed by atoms with van der Waals surface area (Å²) in [7, 11) is 6.10. The van der Waals surface area contributed by atoms with Gasteiger partial charge in [-0.1, -0.05) is 111 Å². The molecule has 692 valence electrons. The number of imide groups is 1. The fourth-order valence-corrected chi connectivity index (χ4v) is 15.1. The Morgan fingerprint density at radius 2 is 1.22 bits per heavy atom. The zero-order valence-electron chi connectivity index (χ0n) is 74.0. The Bertz CT molecular complexity index is 3670. The first kappa shape index (κ1) is 107. The van der Waals surface area contributed by atoms with Crippen molar-refractivity contribution in [2.45, 2.75) is 226 Å². The zero-order chi connectivity index (χ0) is 91.7. The van der Waals surface area contributed by atoms with Gasteiger partial charge in [0, 0.05) is 116 Å². The fraction of sp³-hybridized carbons (Fsp3) is 0.690. The minimum atomic E-state index is -1.98. The molecule has 2 aromatic rings. The van der Waals surface area contributed by atoms with E-state index >= 15 is 0 Å². The number of primary amides is 1. The number of likely N-dealkylation sites (N-methyl/N-ethyl adjacent to an activating group) is 2. The lowest BCUT2D eigenvalue weighted by Gasteiger charge is -2.41. The van der Waals surface area contributed by atoms with Crippen molar-refractivity contribution in [3.8, 4) is 0 Å². The summed E-state index contributed by atoms with van der Waals surface area (Å²) >= 11 is 0. The van der Waals surface area contributed by atoms with Crippen LogP contribution in [0.4, 0.5) is 15.3 Å². The zero-order valence-corrected chi connectivity index (χ0v) is 74.0. The SMILES string of the molecule is CC[C@H](C)[C@@H]([C@@H](CC(=O)N1CCC[C@H]1[C@H](OC)[C@@H](C)C(=O)N[C@H](C)[C@@H](O)c1ccccc1)OC)N(C)C(=O)[C@@H](CC(=O)[C@H](C(C)C)N(C)C(=O)OCc1ccc(NC(=O)[C@H](CCCNC(N)=O)CC(=O)[C@@H](NC(=O)[C@@H](CCC(=O)NC[C@H](O)[C@@H](O)[C@H](O)[C@H](O)CO)CC(=O)CCOCCOCCOCCOCCN2C(=O)C=CC2=O)C(C)C)cc1)C(C)C. The minimum absolute atomic E-state index is 0.0401. The molecule has 0 unspecified atom stereocenters. The number of ether oxygens (including phenoxy) is 7. The molecule has 36 heteroatoms. The molecule has 11 amide bonds. The van der Waals surface area contributed by atoms with E-state index in [4.69, 9.17) is 38.9 Å². The second-order valence-corrected chi connectivity index (χ2v) is 32.8. The highest BCUT2D eigenvalue weighted by Crippen LogP contribution is 2.33. The first-order valence-corrected chi connectivity index (χ1v) is 42.6. The molecule has 0 spiro atoms. The molecular weight excluding hydrogens is 1600 g/mol. The molecule has 17 atom stereocenters. The number of aliphatic hydroxyl groups excluding tert-OH is 6. The van der Waals surface area contributed by atoms with Crippen molar-refractivity contribution in [3.05, 3.63) is 77.9 Å². The number of rotatable bonds is 61. The average molecular weight is 1740 g/mol. The molecule has 2 aromatic carbocycles. The van der Waals surface area contributed by atoms with Crippen molar-refractivity contribution < 1.29 is 126 Å². The number of nitrogens with zero attached hydrogens (tertiary/aromatic N) is 4. The van der Waals surface area contributed by atoms with E-state index in [1.54, 1.807) is 107 Å². The third-order valence-electron chi connectivity index (χ3n) is 22.6. The quantitative estimate of drug-likeness (QED) is 0.0334. The third-order valence-corrected chi connectivity index (χ3v) is 22.6. The molecule has 0 aromatic heterocycles. The number of benzene rings is 2. The van der Waals surface area contributed by atoms with Crippen LogP contribution < -0.4 is 32.3 Å². The maximum absolute atomic E-state index is 15.0. The van der Waals surface area contributed by atoms with Gasteiger partial charge in [0.15, 0.2) is 11.6 Å².